The maximum atomic E-state index is 12.9. The quantitative estimate of drug-likeness (QED) is 0.661. The Bertz CT molecular complexity index is 840. The fourth-order valence-corrected chi connectivity index (χ4v) is 3.31. The highest BCUT2D eigenvalue weighted by Crippen LogP contribution is 2.36. The number of alkyl halides is 3. The van der Waals surface area contributed by atoms with Crippen LogP contribution in [-0.4, -0.2) is 11.1 Å². The number of rotatable bonds is 2. The lowest BCUT2D eigenvalue weighted by atomic mass is 9.87. The molecule has 8 heteroatoms. The van der Waals surface area contributed by atoms with Crippen molar-refractivity contribution in [1.29, 1.82) is 0 Å². The van der Waals surface area contributed by atoms with Gasteiger partial charge in [0.15, 0.2) is 0 Å². The van der Waals surface area contributed by atoms with E-state index in [1.165, 1.54) is 6.07 Å². The first-order chi connectivity index (χ1) is 12.2. The molecule has 2 aromatic carbocycles. The van der Waals surface area contributed by atoms with Crippen LogP contribution in [0.2, 0.25) is 5.02 Å². The lowest BCUT2D eigenvalue weighted by Gasteiger charge is -2.26. The molecule has 0 heterocycles. The van der Waals surface area contributed by atoms with E-state index >= 15 is 0 Å². The Morgan fingerprint density at radius 1 is 1.19 bits per heavy atom. The van der Waals surface area contributed by atoms with E-state index in [-0.39, 0.29) is 17.5 Å². The van der Waals surface area contributed by atoms with Crippen LogP contribution in [0.4, 0.5) is 23.7 Å². The van der Waals surface area contributed by atoms with Crippen LogP contribution in [-0.2, 0) is 12.6 Å². The highest BCUT2D eigenvalue weighted by molar-refractivity contribution is 6.31. The number of hydrogen-bond donors (Lipinski definition) is 3. The molecule has 1 atom stereocenters. The average molecular weight is 385 g/mol. The summed E-state index contributed by atoms with van der Waals surface area (Å²) in [6.07, 6.45) is -2.22. The smallest absolute Gasteiger partial charge is 0.417 e. The van der Waals surface area contributed by atoms with Gasteiger partial charge in [-0.3, -0.25) is 0 Å². The number of aromatic hydroxyl groups is 1. The van der Waals surface area contributed by atoms with Crippen molar-refractivity contribution in [2.24, 2.45) is 0 Å². The van der Waals surface area contributed by atoms with Crippen molar-refractivity contribution >= 4 is 23.3 Å². The number of hydrogen-bond acceptors (Lipinski definition) is 2. The number of urea groups is 1. The van der Waals surface area contributed by atoms with Gasteiger partial charge in [-0.15, -0.1) is 0 Å². The van der Waals surface area contributed by atoms with Crippen molar-refractivity contribution in [2.75, 3.05) is 5.32 Å². The summed E-state index contributed by atoms with van der Waals surface area (Å²) in [5, 5.41) is 14.4. The van der Waals surface area contributed by atoms with Gasteiger partial charge in [0.25, 0.3) is 0 Å². The minimum Gasteiger partial charge on any atom is -0.508 e. The molecular formula is C18H16ClF3N2O2. The molecule has 0 fully saturated rings. The summed E-state index contributed by atoms with van der Waals surface area (Å²) in [5.74, 6) is 0.102. The van der Waals surface area contributed by atoms with E-state index in [1.807, 2.05) is 6.07 Å². The van der Waals surface area contributed by atoms with Crippen LogP contribution in [0.3, 0.4) is 0 Å². The standard InChI is InChI=1S/C18H16ClF3N2O2/c19-15-7-5-11(8-14(15)18(20,21)22)23-17(26)24-16-3-1-2-10-4-6-12(25)9-13(10)16/h4-9,16,25H,1-3H2,(H2,23,24,26). The lowest BCUT2D eigenvalue weighted by molar-refractivity contribution is -0.137. The molecule has 4 nitrogen and oxygen atoms in total. The Morgan fingerprint density at radius 3 is 2.69 bits per heavy atom. The van der Waals surface area contributed by atoms with Gasteiger partial charge in [0.05, 0.1) is 16.6 Å². The molecule has 1 aliphatic rings. The van der Waals surface area contributed by atoms with Gasteiger partial charge in [-0.25, -0.2) is 4.79 Å². The normalized spacial score (nSPS) is 16.7. The second kappa shape index (κ2) is 7.07. The molecule has 0 aliphatic heterocycles. The van der Waals surface area contributed by atoms with E-state index in [2.05, 4.69) is 10.6 Å². The van der Waals surface area contributed by atoms with Gasteiger partial charge in [0.1, 0.15) is 5.75 Å². The summed E-state index contributed by atoms with van der Waals surface area (Å²) in [6, 6.07) is 7.25. The largest absolute Gasteiger partial charge is 0.508 e. The summed E-state index contributed by atoms with van der Waals surface area (Å²) in [5.41, 5.74) is 0.833. The molecule has 0 saturated heterocycles. The lowest BCUT2D eigenvalue weighted by Crippen LogP contribution is -2.34. The Balaban J connectivity index is 1.74. The van der Waals surface area contributed by atoms with Gasteiger partial charge >= 0.3 is 12.2 Å². The fraction of sp³-hybridized carbons (Fsp3) is 0.278. The zero-order valence-electron chi connectivity index (χ0n) is 13.5. The molecule has 3 rings (SSSR count). The molecule has 0 aromatic heterocycles. The number of phenols is 1. The van der Waals surface area contributed by atoms with Gasteiger partial charge in [0.2, 0.25) is 0 Å². The van der Waals surface area contributed by atoms with Crippen LogP contribution in [0.5, 0.6) is 5.75 Å². The maximum Gasteiger partial charge on any atom is 0.417 e. The van der Waals surface area contributed by atoms with E-state index in [0.29, 0.717) is 6.42 Å². The molecule has 1 unspecified atom stereocenters. The van der Waals surface area contributed by atoms with Crippen molar-refractivity contribution in [2.45, 2.75) is 31.5 Å². The zero-order valence-corrected chi connectivity index (χ0v) is 14.3. The number of carbonyl (C=O) groups is 1. The van der Waals surface area contributed by atoms with Gasteiger partial charge in [-0.05, 0) is 60.7 Å². The predicted molar refractivity (Wildman–Crippen MR) is 92.4 cm³/mol. The Labute approximate surface area is 153 Å². The topological polar surface area (TPSA) is 61.4 Å². The molecule has 2 aromatic rings. The molecule has 0 radical (unpaired) electrons. The number of fused-ring (bicyclic) bond motifs is 1. The Morgan fingerprint density at radius 2 is 1.96 bits per heavy atom. The van der Waals surface area contributed by atoms with Crippen LogP contribution in [0.1, 0.15) is 35.6 Å². The third-order valence-corrected chi connectivity index (χ3v) is 4.61. The number of phenolic OH excluding ortho intramolecular Hbond substituents is 1. The molecule has 0 spiro atoms. The molecule has 0 bridgehead atoms. The Hall–Kier alpha value is -2.41. The number of nitrogens with one attached hydrogen (secondary N) is 2. The Kier molecular flexibility index (Phi) is 5.00. The van der Waals surface area contributed by atoms with Crippen molar-refractivity contribution < 1.29 is 23.1 Å². The number of halogens is 4. The average Bonchev–Trinajstić information content (AvgIpc) is 2.56. The highest BCUT2D eigenvalue weighted by Gasteiger charge is 2.33. The van der Waals surface area contributed by atoms with Crippen molar-refractivity contribution in [3.63, 3.8) is 0 Å². The number of amides is 2. The molecule has 138 valence electrons. The summed E-state index contributed by atoms with van der Waals surface area (Å²) in [6.45, 7) is 0. The number of benzene rings is 2. The van der Waals surface area contributed by atoms with Crippen molar-refractivity contribution in [3.05, 3.63) is 58.1 Å². The molecular weight excluding hydrogens is 369 g/mol. The van der Waals surface area contributed by atoms with Crippen molar-refractivity contribution in [3.8, 4) is 5.75 Å². The molecule has 0 saturated carbocycles. The summed E-state index contributed by atoms with van der Waals surface area (Å²) in [7, 11) is 0. The summed E-state index contributed by atoms with van der Waals surface area (Å²) >= 11 is 5.57. The second-order valence-electron chi connectivity index (χ2n) is 6.12. The minimum atomic E-state index is -4.61. The monoisotopic (exact) mass is 384 g/mol. The first kappa shape index (κ1) is 18.4. The number of carbonyl (C=O) groups excluding carboxylic acids is 1. The third kappa shape index (κ3) is 4.04. The van der Waals surface area contributed by atoms with Crippen molar-refractivity contribution in [1.82, 2.24) is 5.32 Å². The molecule has 3 N–H and O–H groups in total. The first-order valence-electron chi connectivity index (χ1n) is 8.00. The van der Waals surface area contributed by atoms with Gasteiger partial charge in [-0.2, -0.15) is 13.2 Å². The summed E-state index contributed by atoms with van der Waals surface area (Å²) < 4.78 is 38.7. The minimum absolute atomic E-state index is 0.00818. The zero-order chi connectivity index (χ0) is 18.9. The highest BCUT2D eigenvalue weighted by atomic mass is 35.5. The molecule has 2 amide bonds. The van der Waals surface area contributed by atoms with E-state index in [0.717, 1.165) is 36.1 Å². The van der Waals surface area contributed by atoms with Crippen LogP contribution in [0.25, 0.3) is 0 Å². The van der Waals surface area contributed by atoms with Crippen LogP contribution in [0, 0.1) is 0 Å². The SMILES string of the molecule is O=C(Nc1ccc(Cl)c(C(F)(F)F)c1)NC1CCCc2ccc(O)cc21. The predicted octanol–water partition coefficient (Wildman–Crippen LogP) is 5.26. The van der Waals surface area contributed by atoms with Gasteiger partial charge in [-0.1, -0.05) is 17.7 Å². The van der Waals surface area contributed by atoms with E-state index < -0.39 is 22.8 Å². The van der Waals surface area contributed by atoms with E-state index in [4.69, 9.17) is 11.6 Å². The van der Waals surface area contributed by atoms with E-state index in [1.54, 1.807) is 12.1 Å². The first-order valence-corrected chi connectivity index (χ1v) is 8.38. The van der Waals surface area contributed by atoms with E-state index in [9.17, 15) is 23.1 Å². The maximum absolute atomic E-state index is 12.9. The molecule has 26 heavy (non-hydrogen) atoms. The van der Waals surface area contributed by atoms with Gasteiger partial charge < -0.3 is 15.7 Å². The van der Waals surface area contributed by atoms with Gasteiger partial charge in [0, 0.05) is 5.69 Å². The fourth-order valence-electron chi connectivity index (χ4n) is 3.08. The molecule has 1 aliphatic carbocycles. The van der Waals surface area contributed by atoms with Crippen LogP contribution >= 0.6 is 11.6 Å². The van der Waals surface area contributed by atoms with Crippen LogP contribution < -0.4 is 10.6 Å². The number of aryl methyl sites for hydroxylation is 1. The third-order valence-electron chi connectivity index (χ3n) is 4.28. The summed E-state index contributed by atoms with van der Waals surface area (Å²) in [4.78, 5) is 12.2. The van der Waals surface area contributed by atoms with Crippen LogP contribution in [0.15, 0.2) is 36.4 Å². The number of anilines is 1. The second-order valence-corrected chi connectivity index (χ2v) is 6.53.